The van der Waals surface area contributed by atoms with Crippen LogP contribution in [0.3, 0.4) is 0 Å². The van der Waals surface area contributed by atoms with Crippen molar-refractivity contribution in [1.82, 2.24) is 15.0 Å². The Morgan fingerprint density at radius 1 is 1.00 bits per heavy atom. The fourth-order valence-corrected chi connectivity index (χ4v) is 4.39. The summed E-state index contributed by atoms with van der Waals surface area (Å²) in [7, 11) is 0. The van der Waals surface area contributed by atoms with Gasteiger partial charge in [-0.25, -0.2) is 9.97 Å². The number of anilines is 2. The summed E-state index contributed by atoms with van der Waals surface area (Å²) in [5, 5.41) is 3.57. The molecule has 1 aliphatic carbocycles. The Bertz CT molecular complexity index is 1010. The second kappa shape index (κ2) is 9.06. The van der Waals surface area contributed by atoms with E-state index in [4.69, 9.17) is 9.47 Å². The molecule has 0 spiro atoms. The molecule has 0 unspecified atom stereocenters. The van der Waals surface area contributed by atoms with Crippen LogP contribution >= 0.6 is 0 Å². The number of nitrogens with zero attached hydrogens (tertiary/aromatic N) is 4. The highest BCUT2D eigenvalue weighted by molar-refractivity contribution is 5.85. The third-order valence-electron chi connectivity index (χ3n) is 6.13. The predicted octanol–water partition coefficient (Wildman–Crippen LogP) is 3.97. The number of benzene rings is 1. The summed E-state index contributed by atoms with van der Waals surface area (Å²) in [6.45, 7) is 5.33. The first-order valence-electron chi connectivity index (χ1n) is 11.2. The number of aromatic nitrogens is 3. The molecule has 1 aromatic carbocycles. The van der Waals surface area contributed by atoms with Crippen molar-refractivity contribution in [3.05, 3.63) is 48.4 Å². The number of hydrogen-bond donors (Lipinski definition) is 1. The van der Waals surface area contributed by atoms with E-state index in [0.29, 0.717) is 6.04 Å². The molecule has 1 saturated heterocycles. The molecule has 0 bridgehead atoms. The zero-order valence-corrected chi connectivity index (χ0v) is 18.0. The Balaban J connectivity index is 1.27. The van der Waals surface area contributed by atoms with Gasteiger partial charge in [0, 0.05) is 49.5 Å². The van der Waals surface area contributed by atoms with Crippen LogP contribution in [0.4, 0.5) is 11.5 Å². The Kier molecular flexibility index (Phi) is 5.84. The van der Waals surface area contributed by atoms with Crippen LogP contribution in [0.15, 0.2) is 42.9 Å². The highest BCUT2D eigenvalue weighted by Gasteiger charge is 2.24. The standard InChI is InChI=1S/C24H29N5O2/c1-17-2-7-23(27-16-17)28-18-3-5-20(6-4-18)31-22-15-19(29-10-12-30-13-11-29)14-21-24(22)26-9-8-25-21/h2,7-9,14-16,18,20H,3-6,10-13H2,1H3,(H,27,28)/t18-,20+. The first kappa shape index (κ1) is 20.0. The van der Waals surface area contributed by atoms with Gasteiger partial charge in [0.25, 0.3) is 0 Å². The summed E-state index contributed by atoms with van der Waals surface area (Å²) >= 11 is 0. The summed E-state index contributed by atoms with van der Waals surface area (Å²) in [5.74, 6) is 1.79. The maximum Gasteiger partial charge on any atom is 0.149 e. The average molecular weight is 420 g/mol. The minimum absolute atomic E-state index is 0.189. The third kappa shape index (κ3) is 4.71. The molecule has 2 aromatic heterocycles. The quantitative estimate of drug-likeness (QED) is 0.671. The molecular weight excluding hydrogens is 390 g/mol. The molecule has 0 amide bonds. The number of fused-ring (bicyclic) bond motifs is 1. The summed E-state index contributed by atoms with van der Waals surface area (Å²) in [6.07, 6.45) is 9.71. The number of rotatable bonds is 5. The van der Waals surface area contributed by atoms with Crippen LogP contribution in [0.1, 0.15) is 31.2 Å². The summed E-state index contributed by atoms with van der Waals surface area (Å²) in [4.78, 5) is 15.9. The normalized spacial score (nSPS) is 21.8. The van der Waals surface area contributed by atoms with Crippen molar-refractivity contribution >= 4 is 22.5 Å². The molecule has 3 heterocycles. The SMILES string of the molecule is Cc1ccc(N[C@H]2CC[C@@H](Oc3cc(N4CCOCC4)cc4nccnc34)CC2)nc1. The van der Waals surface area contributed by atoms with Crippen LogP contribution in [0.5, 0.6) is 5.75 Å². The monoisotopic (exact) mass is 419 g/mol. The Morgan fingerprint density at radius 2 is 1.81 bits per heavy atom. The van der Waals surface area contributed by atoms with E-state index in [0.717, 1.165) is 80.3 Å². The van der Waals surface area contributed by atoms with Gasteiger partial charge >= 0.3 is 0 Å². The van der Waals surface area contributed by atoms with Crippen molar-refractivity contribution in [3.8, 4) is 5.75 Å². The third-order valence-corrected chi connectivity index (χ3v) is 6.13. The number of hydrogen-bond acceptors (Lipinski definition) is 7. The lowest BCUT2D eigenvalue weighted by Crippen LogP contribution is -2.36. The van der Waals surface area contributed by atoms with E-state index in [-0.39, 0.29) is 6.10 Å². The van der Waals surface area contributed by atoms with E-state index in [1.807, 2.05) is 6.20 Å². The number of aryl methyl sites for hydroxylation is 1. The van der Waals surface area contributed by atoms with Crippen LogP contribution in [0.25, 0.3) is 11.0 Å². The van der Waals surface area contributed by atoms with Crippen LogP contribution in [-0.2, 0) is 4.74 Å². The number of pyridine rings is 1. The summed E-state index contributed by atoms with van der Waals surface area (Å²) in [5.41, 5.74) is 4.02. The maximum atomic E-state index is 6.51. The fourth-order valence-electron chi connectivity index (χ4n) is 4.39. The van der Waals surface area contributed by atoms with Crippen molar-refractivity contribution in [2.75, 3.05) is 36.5 Å². The lowest BCUT2D eigenvalue weighted by Gasteiger charge is -2.31. The first-order chi connectivity index (χ1) is 15.2. The molecule has 1 N–H and O–H groups in total. The minimum Gasteiger partial charge on any atom is -0.488 e. The van der Waals surface area contributed by atoms with Gasteiger partial charge in [-0.15, -0.1) is 0 Å². The van der Waals surface area contributed by atoms with Crippen molar-refractivity contribution in [1.29, 1.82) is 0 Å². The molecule has 2 aliphatic rings. The Hall–Kier alpha value is -2.93. The van der Waals surface area contributed by atoms with Crippen LogP contribution in [0, 0.1) is 6.92 Å². The zero-order valence-electron chi connectivity index (χ0n) is 18.0. The molecule has 7 heteroatoms. The van der Waals surface area contributed by atoms with E-state index in [2.05, 4.69) is 56.4 Å². The highest BCUT2D eigenvalue weighted by Crippen LogP contribution is 2.33. The Morgan fingerprint density at radius 3 is 2.58 bits per heavy atom. The predicted molar refractivity (Wildman–Crippen MR) is 122 cm³/mol. The van der Waals surface area contributed by atoms with Gasteiger partial charge in [-0.3, -0.25) is 4.98 Å². The molecule has 162 valence electrons. The smallest absolute Gasteiger partial charge is 0.149 e. The van der Waals surface area contributed by atoms with Crippen molar-refractivity contribution < 1.29 is 9.47 Å². The average Bonchev–Trinajstić information content (AvgIpc) is 2.82. The van der Waals surface area contributed by atoms with Gasteiger partial charge in [0.05, 0.1) is 24.8 Å². The van der Waals surface area contributed by atoms with Gasteiger partial charge in [0.15, 0.2) is 0 Å². The fraction of sp³-hybridized carbons (Fsp3) is 0.458. The van der Waals surface area contributed by atoms with E-state index < -0.39 is 0 Å². The molecule has 3 aromatic rings. The molecule has 1 saturated carbocycles. The number of nitrogens with one attached hydrogen (secondary N) is 1. The van der Waals surface area contributed by atoms with Gasteiger partial charge in [0.1, 0.15) is 17.1 Å². The largest absolute Gasteiger partial charge is 0.488 e. The highest BCUT2D eigenvalue weighted by atomic mass is 16.5. The lowest BCUT2D eigenvalue weighted by molar-refractivity contribution is 0.122. The minimum atomic E-state index is 0.189. The molecule has 0 radical (unpaired) electrons. The second-order valence-corrected chi connectivity index (χ2v) is 8.42. The van der Waals surface area contributed by atoms with Crippen LogP contribution in [-0.4, -0.2) is 53.4 Å². The van der Waals surface area contributed by atoms with Crippen molar-refractivity contribution in [2.24, 2.45) is 0 Å². The molecule has 7 nitrogen and oxygen atoms in total. The number of ether oxygens (including phenoxy) is 2. The molecule has 31 heavy (non-hydrogen) atoms. The van der Waals surface area contributed by atoms with Gasteiger partial charge in [0.2, 0.25) is 0 Å². The van der Waals surface area contributed by atoms with E-state index in [1.165, 1.54) is 5.56 Å². The summed E-state index contributed by atoms with van der Waals surface area (Å²) < 4.78 is 12.0. The molecule has 2 fully saturated rings. The maximum absolute atomic E-state index is 6.51. The van der Waals surface area contributed by atoms with Crippen molar-refractivity contribution in [3.63, 3.8) is 0 Å². The first-order valence-corrected chi connectivity index (χ1v) is 11.2. The number of morpholine rings is 1. The molecular formula is C24H29N5O2. The van der Waals surface area contributed by atoms with Gasteiger partial charge < -0.3 is 19.7 Å². The van der Waals surface area contributed by atoms with E-state index in [1.54, 1.807) is 12.4 Å². The lowest BCUT2D eigenvalue weighted by atomic mass is 9.93. The molecule has 0 atom stereocenters. The zero-order chi connectivity index (χ0) is 21.0. The van der Waals surface area contributed by atoms with Gasteiger partial charge in [-0.1, -0.05) is 6.07 Å². The second-order valence-electron chi connectivity index (χ2n) is 8.42. The van der Waals surface area contributed by atoms with Gasteiger partial charge in [-0.2, -0.15) is 0 Å². The van der Waals surface area contributed by atoms with Crippen LogP contribution in [0.2, 0.25) is 0 Å². The van der Waals surface area contributed by atoms with Crippen molar-refractivity contribution in [2.45, 2.75) is 44.8 Å². The van der Waals surface area contributed by atoms with E-state index >= 15 is 0 Å². The van der Waals surface area contributed by atoms with Crippen LogP contribution < -0.4 is 15.0 Å². The topological polar surface area (TPSA) is 72.4 Å². The summed E-state index contributed by atoms with van der Waals surface area (Å²) in [6, 6.07) is 8.82. The molecule has 1 aliphatic heterocycles. The van der Waals surface area contributed by atoms with Gasteiger partial charge in [-0.05, 0) is 50.3 Å². The van der Waals surface area contributed by atoms with E-state index in [9.17, 15) is 0 Å². The molecule has 5 rings (SSSR count). The Labute approximate surface area is 182 Å².